The summed E-state index contributed by atoms with van der Waals surface area (Å²) in [4.78, 5) is 28.2. The molecule has 38 heavy (non-hydrogen) atoms. The van der Waals surface area contributed by atoms with Crippen LogP contribution in [0.15, 0.2) is 48.5 Å². The summed E-state index contributed by atoms with van der Waals surface area (Å²) in [6.45, 7) is 3.58. The van der Waals surface area contributed by atoms with E-state index in [1.165, 1.54) is 48.9 Å². The number of rotatable bonds is 6. The monoisotopic (exact) mass is 515 g/mol. The molecule has 200 valence electrons. The van der Waals surface area contributed by atoms with Gasteiger partial charge in [-0.2, -0.15) is 0 Å². The summed E-state index contributed by atoms with van der Waals surface area (Å²) in [7, 11) is 0. The highest BCUT2D eigenvalue weighted by molar-refractivity contribution is 5.95. The molecule has 2 aromatic carbocycles. The maximum absolute atomic E-state index is 13.4. The average Bonchev–Trinajstić information content (AvgIpc) is 3.59. The molecule has 2 aliphatic carbocycles. The van der Waals surface area contributed by atoms with Gasteiger partial charge in [-0.3, -0.25) is 9.59 Å². The van der Waals surface area contributed by atoms with Crippen molar-refractivity contribution in [2.75, 3.05) is 32.7 Å². The van der Waals surface area contributed by atoms with E-state index < -0.39 is 5.41 Å². The van der Waals surface area contributed by atoms with E-state index in [1.54, 1.807) is 0 Å². The van der Waals surface area contributed by atoms with Crippen molar-refractivity contribution >= 4 is 17.9 Å². The van der Waals surface area contributed by atoms with E-state index in [2.05, 4.69) is 39.8 Å². The van der Waals surface area contributed by atoms with E-state index in [1.807, 2.05) is 18.2 Å². The molecule has 0 bridgehead atoms. The molecule has 3 fully saturated rings. The number of piperidine rings is 1. The largest absolute Gasteiger partial charge is 0.355 e. The quantitative estimate of drug-likeness (QED) is 0.553. The van der Waals surface area contributed by atoms with Gasteiger partial charge >= 0.3 is 0 Å². The molecule has 6 rings (SSSR count). The number of hydrogen-bond acceptors (Lipinski definition) is 3. The molecule has 2 aliphatic heterocycles. The minimum atomic E-state index is -0.426. The Kier molecular flexibility index (Phi) is 7.08. The highest BCUT2D eigenvalue weighted by atomic mass is 19.1. The molecule has 2 aromatic rings. The van der Waals surface area contributed by atoms with Crippen molar-refractivity contribution < 1.29 is 14.0 Å². The first kappa shape index (κ1) is 25.3. The first-order valence-electron chi connectivity index (χ1n) is 14.4. The van der Waals surface area contributed by atoms with E-state index in [0.29, 0.717) is 19.0 Å². The lowest BCUT2D eigenvalue weighted by molar-refractivity contribution is -0.130. The van der Waals surface area contributed by atoms with Crippen molar-refractivity contribution in [3.8, 4) is 0 Å². The van der Waals surface area contributed by atoms with Gasteiger partial charge in [0.25, 0.3) is 5.91 Å². The lowest BCUT2D eigenvalue weighted by Gasteiger charge is -2.41. The lowest BCUT2D eigenvalue weighted by atomic mass is 9.68. The molecule has 5 nitrogen and oxygen atoms in total. The van der Waals surface area contributed by atoms with Gasteiger partial charge in [-0.05, 0) is 98.0 Å². The average molecular weight is 516 g/mol. The van der Waals surface area contributed by atoms with Gasteiger partial charge < -0.3 is 15.5 Å². The Morgan fingerprint density at radius 1 is 1.08 bits per heavy atom. The number of allylic oxidation sites excluding steroid dienone is 1. The van der Waals surface area contributed by atoms with Crippen molar-refractivity contribution in [3.63, 3.8) is 0 Å². The fourth-order valence-corrected chi connectivity index (χ4v) is 7.51. The number of nitrogens with one attached hydrogen (secondary N) is 2. The van der Waals surface area contributed by atoms with E-state index in [9.17, 15) is 14.0 Å². The minimum Gasteiger partial charge on any atom is -0.355 e. The van der Waals surface area contributed by atoms with Crippen LogP contribution in [-0.2, 0) is 4.79 Å². The summed E-state index contributed by atoms with van der Waals surface area (Å²) in [6.07, 6.45) is 12.5. The second kappa shape index (κ2) is 10.6. The van der Waals surface area contributed by atoms with E-state index >= 15 is 0 Å². The Labute approximate surface area is 224 Å². The molecule has 0 aromatic heterocycles. The molecule has 2 N–H and O–H groups in total. The van der Waals surface area contributed by atoms with Crippen LogP contribution in [-0.4, -0.2) is 49.4 Å². The fraction of sp³-hybridized carbons (Fsp3) is 0.500. The molecule has 1 spiro atoms. The molecule has 0 radical (unpaired) electrons. The zero-order chi connectivity index (χ0) is 26.1. The van der Waals surface area contributed by atoms with Crippen LogP contribution < -0.4 is 10.6 Å². The first-order chi connectivity index (χ1) is 18.5. The van der Waals surface area contributed by atoms with Crippen LogP contribution in [0.3, 0.4) is 0 Å². The van der Waals surface area contributed by atoms with E-state index in [-0.39, 0.29) is 23.5 Å². The van der Waals surface area contributed by atoms with Crippen LogP contribution in [0.5, 0.6) is 0 Å². The van der Waals surface area contributed by atoms with Gasteiger partial charge in [0.05, 0.1) is 5.41 Å². The van der Waals surface area contributed by atoms with Crippen molar-refractivity contribution in [2.45, 2.75) is 56.8 Å². The number of carbonyl (C=O) groups is 2. The van der Waals surface area contributed by atoms with Gasteiger partial charge in [-0.1, -0.05) is 43.2 Å². The summed E-state index contributed by atoms with van der Waals surface area (Å²) in [5.74, 6) is 1.30. The number of benzene rings is 2. The standard InChI is InChI=1S/C32H38FN3O2/c33-26-11-8-23(9-12-26)29-21-35-31(38)32(29)14-17-36(18-15-32)19-16-34-30(37)25-10-13-28-24(20-25)6-3-7-27(28)22-4-1-2-5-22/h3,6,8-13,20,22,27,29H,1-2,4-5,7,14-19,21H2,(H,34,37)(H,35,38). The summed E-state index contributed by atoms with van der Waals surface area (Å²) < 4.78 is 13.4. The Bertz CT molecular complexity index is 1210. The Morgan fingerprint density at radius 3 is 2.61 bits per heavy atom. The molecular formula is C32H38FN3O2. The highest BCUT2D eigenvalue weighted by Crippen LogP contribution is 2.47. The molecular weight excluding hydrogens is 477 g/mol. The third-order valence-corrected chi connectivity index (χ3v) is 9.72. The molecule has 1 saturated carbocycles. The second-order valence-corrected chi connectivity index (χ2v) is 11.7. The normalized spacial score (nSPS) is 24.9. The van der Waals surface area contributed by atoms with Gasteiger partial charge in [0.15, 0.2) is 0 Å². The number of carbonyl (C=O) groups excluding carboxylic acids is 2. The molecule has 2 unspecified atom stereocenters. The van der Waals surface area contributed by atoms with Gasteiger partial charge in [0.1, 0.15) is 5.82 Å². The first-order valence-corrected chi connectivity index (χ1v) is 14.4. The second-order valence-electron chi connectivity index (χ2n) is 11.7. The smallest absolute Gasteiger partial charge is 0.251 e. The highest BCUT2D eigenvalue weighted by Gasteiger charge is 2.51. The third kappa shape index (κ3) is 4.79. The van der Waals surface area contributed by atoms with Crippen LogP contribution in [0.25, 0.3) is 6.08 Å². The predicted octanol–water partition coefficient (Wildman–Crippen LogP) is 5.24. The molecule has 2 atom stereocenters. The fourth-order valence-electron chi connectivity index (χ4n) is 7.51. The minimum absolute atomic E-state index is 0.0239. The Balaban J connectivity index is 1.02. The van der Waals surface area contributed by atoms with Gasteiger partial charge in [0.2, 0.25) is 5.91 Å². The number of fused-ring (bicyclic) bond motifs is 1. The predicted molar refractivity (Wildman–Crippen MR) is 147 cm³/mol. The number of nitrogens with zero attached hydrogens (tertiary/aromatic N) is 1. The van der Waals surface area contributed by atoms with Gasteiger partial charge in [-0.15, -0.1) is 0 Å². The number of amides is 2. The van der Waals surface area contributed by atoms with Crippen molar-refractivity contribution in [2.24, 2.45) is 11.3 Å². The van der Waals surface area contributed by atoms with E-state index in [4.69, 9.17) is 0 Å². The zero-order valence-electron chi connectivity index (χ0n) is 22.1. The number of likely N-dealkylation sites (tertiary alicyclic amines) is 1. The van der Waals surface area contributed by atoms with Crippen LogP contribution in [0.2, 0.25) is 0 Å². The maximum Gasteiger partial charge on any atom is 0.251 e. The number of halogens is 1. The molecule has 4 aliphatic rings. The van der Waals surface area contributed by atoms with Crippen LogP contribution in [0, 0.1) is 17.2 Å². The summed E-state index contributed by atoms with van der Waals surface area (Å²) in [5, 5.41) is 6.17. The molecule has 2 heterocycles. The van der Waals surface area contributed by atoms with E-state index in [0.717, 1.165) is 55.9 Å². The summed E-state index contributed by atoms with van der Waals surface area (Å²) in [5.41, 5.74) is 3.94. The summed E-state index contributed by atoms with van der Waals surface area (Å²) in [6, 6.07) is 12.8. The summed E-state index contributed by atoms with van der Waals surface area (Å²) >= 11 is 0. The topological polar surface area (TPSA) is 61.4 Å². The van der Waals surface area contributed by atoms with Crippen LogP contribution in [0.4, 0.5) is 4.39 Å². The van der Waals surface area contributed by atoms with Gasteiger partial charge in [-0.25, -0.2) is 4.39 Å². The third-order valence-electron chi connectivity index (χ3n) is 9.72. The number of hydrogen-bond donors (Lipinski definition) is 2. The van der Waals surface area contributed by atoms with Crippen molar-refractivity contribution in [3.05, 3.63) is 76.6 Å². The molecule has 2 saturated heterocycles. The van der Waals surface area contributed by atoms with Crippen molar-refractivity contribution in [1.82, 2.24) is 15.5 Å². The lowest BCUT2D eigenvalue weighted by Crippen LogP contribution is -2.47. The van der Waals surface area contributed by atoms with Crippen molar-refractivity contribution in [1.29, 1.82) is 0 Å². The molecule has 2 amide bonds. The maximum atomic E-state index is 13.4. The molecule has 6 heteroatoms. The van der Waals surface area contributed by atoms with Gasteiger partial charge in [0, 0.05) is 31.1 Å². The Morgan fingerprint density at radius 2 is 1.84 bits per heavy atom. The van der Waals surface area contributed by atoms with Crippen LogP contribution >= 0.6 is 0 Å². The van der Waals surface area contributed by atoms with Crippen LogP contribution in [0.1, 0.15) is 83.8 Å². The zero-order valence-corrected chi connectivity index (χ0v) is 22.1. The Hall–Kier alpha value is -2.99. The SMILES string of the molecule is O=C(NCCN1CCC2(CC1)C(=O)NCC2c1ccc(F)cc1)c1ccc2c(c1)C=CCC2C1CCCC1.